The molecule has 3 saturated heterocycles. The molecular weight excluding hydrogens is 825 g/mol. The van der Waals surface area contributed by atoms with Crippen LogP contribution in [-0.2, 0) is 46.4 Å². The number of hydrazine groups is 1. The number of carbonyl (C=O) groups excluding carboxylic acids is 5. The van der Waals surface area contributed by atoms with Crippen LogP contribution in [0.1, 0.15) is 104 Å². The lowest BCUT2D eigenvalue weighted by atomic mass is 9.84. The number of amides is 4. The molecule has 1 aromatic carbocycles. The summed E-state index contributed by atoms with van der Waals surface area (Å²) in [6.07, 6.45) is 8.59. The van der Waals surface area contributed by atoms with E-state index in [0.717, 1.165) is 42.1 Å². The molecule has 2 N–H and O–H groups in total. The quantitative estimate of drug-likeness (QED) is 0.121. The predicted molar refractivity (Wildman–Crippen MR) is 253 cm³/mol. The van der Waals surface area contributed by atoms with Gasteiger partial charge in [-0.2, -0.15) is 0 Å². The van der Waals surface area contributed by atoms with Crippen molar-refractivity contribution in [2.75, 3.05) is 58.4 Å². The molecule has 15 nitrogen and oxygen atoms in total. The Morgan fingerprint density at radius 1 is 1.02 bits per heavy atom. The Hall–Kier alpha value is -5.28. The molecule has 0 aliphatic carbocycles. The number of fused-ring (bicyclic) bond motifs is 1. The molecule has 3 aliphatic heterocycles. The van der Waals surface area contributed by atoms with Gasteiger partial charge >= 0.3 is 5.97 Å². The number of anilines is 1. The highest BCUT2D eigenvalue weighted by atomic mass is 16.5. The summed E-state index contributed by atoms with van der Waals surface area (Å²) in [6.45, 7) is 21.3. The maximum atomic E-state index is 13.8. The molecule has 15 heteroatoms. The van der Waals surface area contributed by atoms with E-state index in [2.05, 4.69) is 71.8 Å². The van der Waals surface area contributed by atoms with Gasteiger partial charge in [0.15, 0.2) is 0 Å². The van der Waals surface area contributed by atoms with Crippen molar-refractivity contribution in [2.45, 2.75) is 124 Å². The van der Waals surface area contributed by atoms with Crippen LogP contribution < -0.4 is 15.6 Å². The van der Waals surface area contributed by atoms with Gasteiger partial charge < -0.3 is 34.1 Å². The number of aromatic nitrogens is 2. The second-order valence-electron chi connectivity index (χ2n) is 19.2. The zero-order chi connectivity index (χ0) is 47.2. The first-order chi connectivity index (χ1) is 31.0. The first-order valence-corrected chi connectivity index (χ1v) is 23.6. The highest BCUT2D eigenvalue weighted by Gasteiger charge is 2.39. The molecule has 4 amide bonds. The summed E-state index contributed by atoms with van der Waals surface area (Å²) < 4.78 is 14.3. The highest BCUT2D eigenvalue weighted by Crippen LogP contribution is 2.42. The summed E-state index contributed by atoms with van der Waals surface area (Å²) in [6, 6.07) is 8.38. The van der Waals surface area contributed by atoms with Crippen molar-refractivity contribution in [1.82, 2.24) is 35.1 Å². The number of ether oxygens (including phenoxy) is 2. The number of benzene rings is 1. The molecule has 6 rings (SSSR count). The number of hydrogen-bond acceptors (Lipinski definition) is 10. The van der Waals surface area contributed by atoms with Crippen LogP contribution in [-0.4, -0.2) is 126 Å². The Bertz CT molecular complexity index is 2210. The molecule has 0 saturated carbocycles. The average molecular weight is 897 g/mol. The van der Waals surface area contributed by atoms with E-state index in [1.54, 1.807) is 26.0 Å². The fraction of sp³-hybridized carbons (Fsp3) is 0.600. The molecule has 0 spiro atoms. The van der Waals surface area contributed by atoms with Gasteiger partial charge in [-0.05, 0) is 114 Å². The molecule has 65 heavy (non-hydrogen) atoms. The van der Waals surface area contributed by atoms with Crippen LogP contribution in [0.15, 0.2) is 49.2 Å². The van der Waals surface area contributed by atoms with Crippen LogP contribution in [0.2, 0.25) is 0 Å². The minimum atomic E-state index is -0.942. The van der Waals surface area contributed by atoms with Gasteiger partial charge in [-0.3, -0.25) is 34.0 Å². The standard InChI is InChI=1S/C50H72N8O7/c1-11-42(59)56-27-22-35(30-56)48(62)54(9)44(32(3)4)46(60)52-33(5)47(61)58-26-17-19-40(53-58)49(63)65-31-50(7,8)29-39-38-28-36(55-24-14-13-15-25-55)20-21-41(38)57(12-2)45(39)37-18-16-23-51-43(37)34(6)64-10/h11,16,18,20-21,23,28,32-35,40,44,53H,1,12-15,17,19,22,24-27,29-31H2,2-10H3,(H,52,60)/t33-,34-,35-,40-,44-/m0/s1. The summed E-state index contributed by atoms with van der Waals surface area (Å²) in [4.78, 5) is 77.3. The van der Waals surface area contributed by atoms with Crippen LogP contribution in [0.25, 0.3) is 22.2 Å². The third kappa shape index (κ3) is 11.1. The molecule has 0 unspecified atom stereocenters. The fourth-order valence-corrected chi connectivity index (χ4v) is 9.88. The molecule has 3 aromatic rings. The van der Waals surface area contributed by atoms with Gasteiger partial charge in [0.25, 0.3) is 5.91 Å². The van der Waals surface area contributed by atoms with Crippen molar-refractivity contribution < 1.29 is 33.4 Å². The normalized spacial score (nSPS) is 19.5. The van der Waals surface area contributed by atoms with Gasteiger partial charge in [0, 0.05) is 87.2 Å². The second-order valence-corrected chi connectivity index (χ2v) is 19.2. The van der Waals surface area contributed by atoms with Crippen molar-refractivity contribution in [3.8, 4) is 11.3 Å². The number of nitrogens with one attached hydrogen (secondary N) is 2. The van der Waals surface area contributed by atoms with Crippen LogP contribution in [0.4, 0.5) is 5.69 Å². The van der Waals surface area contributed by atoms with Crippen LogP contribution in [0.3, 0.4) is 0 Å². The number of methoxy groups -OCH3 is 1. The Kier molecular flexibility index (Phi) is 16.1. The van der Waals surface area contributed by atoms with E-state index in [4.69, 9.17) is 14.5 Å². The van der Waals surface area contributed by atoms with E-state index < -0.39 is 47.2 Å². The van der Waals surface area contributed by atoms with E-state index in [0.29, 0.717) is 38.8 Å². The largest absolute Gasteiger partial charge is 0.464 e. The van der Waals surface area contributed by atoms with E-state index in [1.807, 2.05) is 33.0 Å². The minimum absolute atomic E-state index is 0.148. The molecule has 5 atom stereocenters. The van der Waals surface area contributed by atoms with Crippen LogP contribution in [0, 0.1) is 17.3 Å². The van der Waals surface area contributed by atoms with Gasteiger partial charge in [-0.1, -0.05) is 34.3 Å². The van der Waals surface area contributed by atoms with Crippen molar-refractivity contribution in [3.63, 3.8) is 0 Å². The lowest BCUT2D eigenvalue weighted by Gasteiger charge is -2.36. The second kappa shape index (κ2) is 21.4. The molecule has 5 heterocycles. The summed E-state index contributed by atoms with van der Waals surface area (Å²) in [5, 5.41) is 5.40. The number of piperidine rings is 1. The van der Waals surface area contributed by atoms with Crippen molar-refractivity contribution in [2.24, 2.45) is 17.3 Å². The number of hydrogen-bond donors (Lipinski definition) is 2. The molecule has 0 bridgehead atoms. The third-order valence-corrected chi connectivity index (χ3v) is 13.4. The SMILES string of the molecule is C=CC(=O)N1CC[C@H](C(=O)N(C)[C@H](C(=O)N[C@@H](C)C(=O)N2CCC[C@@H](C(=O)OCC(C)(C)Cc3c(-c4cccnc4[C@H](C)OC)n(CC)c4ccc(N5CCCCC5)cc34)N2)C(C)C)C1. The zero-order valence-corrected chi connectivity index (χ0v) is 40.2. The molecule has 3 aliphatic rings. The van der Waals surface area contributed by atoms with E-state index in [1.165, 1.54) is 51.9 Å². The topological polar surface area (TPSA) is 159 Å². The molecule has 2 aromatic heterocycles. The van der Waals surface area contributed by atoms with Gasteiger partial charge in [0.05, 0.1) is 30.0 Å². The summed E-state index contributed by atoms with van der Waals surface area (Å²) >= 11 is 0. The maximum absolute atomic E-state index is 13.8. The van der Waals surface area contributed by atoms with Gasteiger partial charge in [0.2, 0.25) is 17.7 Å². The molecule has 0 radical (unpaired) electrons. The summed E-state index contributed by atoms with van der Waals surface area (Å²) in [7, 11) is 3.29. The minimum Gasteiger partial charge on any atom is -0.464 e. The van der Waals surface area contributed by atoms with Crippen molar-refractivity contribution in [1.29, 1.82) is 0 Å². The lowest BCUT2D eigenvalue weighted by Crippen LogP contribution is -2.61. The Labute approximate surface area is 385 Å². The highest BCUT2D eigenvalue weighted by molar-refractivity contribution is 5.95. The number of likely N-dealkylation sites (N-methyl/N-ethyl adjacent to an activating group) is 1. The van der Waals surface area contributed by atoms with Crippen LogP contribution >= 0.6 is 0 Å². The fourth-order valence-electron chi connectivity index (χ4n) is 9.88. The number of pyridine rings is 1. The van der Waals surface area contributed by atoms with Gasteiger partial charge in [0.1, 0.15) is 18.1 Å². The van der Waals surface area contributed by atoms with Gasteiger partial charge in [-0.15, -0.1) is 0 Å². The van der Waals surface area contributed by atoms with Crippen molar-refractivity contribution >= 4 is 46.2 Å². The predicted octanol–water partition coefficient (Wildman–Crippen LogP) is 6.05. The number of aryl methyl sites for hydroxylation is 1. The van der Waals surface area contributed by atoms with Gasteiger partial charge in [-0.25, -0.2) is 5.43 Å². The Morgan fingerprint density at radius 2 is 1.75 bits per heavy atom. The number of likely N-dealkylation sites (tertiary alicyclic amines) is 1. The zero-order valence-electron chi connectivity index (χ0n) is 40.2. The molecule has 354 valence electrons. The maximum Gasteiger partial charge on any atom is 0.324 e. The smallest absolute Gasteiger partial charge is 0.324 e. The third-order valence-electron chi connectivity index (χ3n) is 13.4. The first kappa shape index (κ1) is 49.2. The Morgan fingerprint density at radius 3 is 2.43 bits per heavy atom. The van der Waals surface area contributed by atoms with E-state index in [-0.39, 0.29) is 37.0 Å². The van der Waals surface area contributed by atoms with Crippen molar-refractivity contribution in [3.05, 3.63) is 60.4 Å². The number of rotatable bonds is 17. The number of carbonyl (C=O) groups is 5. The average Bonchev–Trinajstić information content (AvgIpc) is 3.92. The molecular formula is C50H72N8O7. The number of esters is 1. The van der Waals surface area contributed by atoms with E-state index >= 15 is 0 Å². The number of nitrogens with zero attached hydrogens (tertiary/aromatic N) is 6. The monoisotopic (exact) mass is 897 g/mol. The Balaban J connectivity index is 1.14. The summed E-state index contributed by atoms with van der Waals surface area (Å²) in [5.41, 5.74) is 9.11. The lowest BCUT2D eigenvalue weighted by molar-refractivity contribution is -0.155. The van der Waals surface area contributed by atoms with Crippen LogP contribution in [0.5, 0.6) is 0 Å². The molecule has 3 fully saturated rings. The summed E-state index contributed by atoms with van der Waals surface area (Å²) in [5.74, 6) is -2.44. The van der Waals surface area contributed by atoms with E-state index in [9.17, 15) is 24.0 Å². The first-order valence-electron chi connectivity index (χ1n) is 23.6.